The van der Waals surface area contributed by atoms with Gasteiger partial charge in [-0.3, -0.25) is 14.4 Å². The molecule has 0 saturated carbocycles. The summed E-state index contributed by atoms with van der Waals surface area (Å²) in [6, 6.07) is 13.2. The molecule has 0 atom stereocenters. The number of carbonyl (C=O) groups is 4. The first-order chi connectivity index (χ1) is 15.4. The van der Waals surface area contributed by atoms with Gasteiger partial charge in [0.05, 0.1) is 25.0 Å². The second-order valence-corrected chi connectivity index (χ2v) is 6.61. The lowest BCUT2D eigenvalue weighted by molar-refractivity contribution is -0.147. The number of anilines is 2. The fraction of sp³-hybridized carbons (Fsp3) is 0.304. The number of methoxy groups -OCH3 is 1. The molecule has 0 radical (unpaired) electrons. The molecule has 0 saturated heterocycles. The van der Waals surface area contributed by atoms with Gasteiger partial charge in [-0.25, -0.2) is 4.79 Å². The Labute approximate surface area is 186 Å². The molecular formula is C23H26N2O7. The van der Waals surface area contributed by atoms with Crippen molar-refractivity contribution in [1.82, 2.24) is 0 Å². The summed E-state index contributed by atoms with van der Waals surface area (Å²) in [5.41, 5.74) is 1.39. The molecule has 9 nitrogen and oxygen atoms in total. The van der Waals surface area contributed by atoms with E-state index in [1.165, 1.54) is 7.11 Å². The van der Waals surface area contributed by atoms with Gasteiger partial charge in [-0.05, 0) is 49.7 Å². The highest BCUT2D eigenvalue weighted by Crippen LogP contribution is 2.22. The molecule has 0 fully saturated rings. The topological polar surface area (TPSA) is 120 Å². The summed E-state index contributed by atoms with van der Waals surface area (Å²) < 4.78 is 15.0. The second-order valence-electron chi connectivity index (χ2n) is 6.61. The van der Waals surface area contributed by atoms with Crippen LogP contribution in [0.4, 0.5) is 11.4 Å². The van der Waals surface area contributed by atoms with Gasteiger partial charge >= 0.3 is 11.9 Å². The van der Waals surface area contributed by atoms with Crippen LogP contribution in [0.2, 0.25) is 0 Å². The van der Waals surface area contributed by atoms with Crippen molar-refractivity contribution in [2.45, 2.75) is 26.2 Å². The minimum absolute atomic E-state index is 0.00282. The number of nitrogens with one attached hydrogen (secondary N) is 2. The first-order valence-corrected chi connectivity index (χ1v) is 10.1. The van der Waals surface area contributed by atoms with E-state index >= 15 is 0 Å². The standard InChI is InChI=1S/C23H26N2O7/c1-3-31-23(29)16-11-13-17(14-12-16)24-20(26)9-6-10-22(28)32-15-21(27)25-18-7-4-5-8-19(18)30-2/h4-5,7-8,11-14H,3,6,9-10,15H2,1-2H3,(H,24,26)(H,25,27). The van der Waals surface area contributed by atoms with Gasteiger partial charge in [0.25, 0.3) is 5.91 Å². The molecule has 0 aromatic heterocycles. The van der Waals surface area contributed by atoms with Gasteiger partial charge in [0.2, 0.25) is 5.91 Å². The van der Waals surface area contributed by atoms with Gasteiger partial charge in [0.1, 0.15) is 5.75 Å². The lowest BCUT2D eigenvalue weighted by Crippen LogP contribution is -2.21. The van der Waals surface area contributed by atoms with Crippen molar-refractivity contribution in [3.8, 4) is 5.75 Å². The lowest BCUT2D eigenvalue weighted by atomic mass is 10.2. The number of esters is 2. The molecule has 0 aliphatic rings. The van der Waals surface area contributed by atoms with Crippen LogP contribution in [0, 0.1) is 0 Å². The summed E-state index contributed by atoms with van der Waals surface area (Å²) in [5.74, 6) is -1.29. The highest BCUT2D eigenvalue weighted by molar-refractivity contribution is 5.94. The summed E-state index contributed by atoms with van der Waals surface area (Å²) in [6.45, 7) is 1.57. The summed E-state index contributed by atoms with van der Waals surface area (Å²) in [7, 11) is 1.49. The molecule has 0 aliphatic heterocycles. The molecule has 0 spiro atoms. The van der Waals surface area contributed by atoms with E-state index in [1.54, 1.807) is 55.5 Å². The number of ether oxygens (including phenoxy) is 3. The van der Waals surface area contributed by atoms with Gasteiger partial charge < -0.3 is 24.8 Å². The maximum absolute atomic E-state index is 12.0. The highest BCUT2D eigenvalue weighted by Gasteiger charge is 2.12. The normalized spacial score (nSPS) is 10.1. The minimum atomic E-state index is -0.577. The molecule has 0 aliphatic carbocycles. The van der Waals surface area contributed by atoms with Crippen LogP contribution in [0.15, 0.2) is 48.5 Å². The molecule has 170 valence electrons. The van der Waals surface area contributed by atoms with Crippen molar-refractivity contribution in [3.63, 3.8) is 0 Å². The zero-order valence-corrected chi connectivity index (χ0v) is 18.0. The maximum Gasteiger partial charge on any atom is 0.338 e. The third kappa shape index (κ3) is 8.10. The van der Waals surface area contributed by atoms with E-state index < -0.39 is 24.5 Å². The number of rotatable bonds is 11. The van der Waals surface area contributed by atoms with E-state index in [1.807, 2.05) is 0 Å². The number of hydrogen-bond acceptors (Lipinski definition) is 7. The van der Waals surface area contributed by atoms with Crippen LogP contribution in [0.25, 0.3) is 0 Å². The monoisotopic (exact) mass is 442 g/mol. The Hall–Kier alpha value is -3.88. The van der Waals surface area contributed by atoms with Crippen LogP contribution in [-0.2, 0) is 23.9 Å². The minimum Gasteiger partial charge on any atom is -0.495 e. The number of hydrogen-bond donors (Lipinski definition) is 2. The van der Waals surface area contributed by atoms with Crippen molar-refractivity contribution >= 4 is 35.1 Å². The lowest BCUT2D eigenvalue weighted by Gasteiger charge is -2.10. The Morgan fingerprint density at radius 3 is 2.25 bits per heavy atom. The Balaban J connectivity index is 1.66. The summed E-state index contributed by atoms with van der Waals surface area (Å²) in [4.78, 5) is 47.4. The molecule has 0 heterocycles. The van der Waals surface area contributed by atoms with Gasteiger partial charge in [-0.15, -0.1) is 0 Å². The van der Waals surface area contributed by atoms with Gasteiger partial charge in [-0.2, -0.15) is 0 Å². The van der Waals surface area contributed by atoms with Crippen LogP contribution in [0.5, 0.6) is 5.75 Å². The molecular weight excluding hydrogens is 416 g/mol. The fourth-order valence-electron chi connectivity index (χ4n) is 2.67. The van der Waals surface area contributed by atoms with E-state index in [2.05, 4.69) is 10.6 Å². The van der Waals surface area contributed by atoms with Crippen LogP contribution in [0.1, 0.15) is 36.5 Å². The van der Waals surface area contributed by atoms with Crippen molar-refractivity contribution in [2.75, 3.05) is 31.0 Å². The Kier molecular flexibility index (Phi) is 9.70. The molecule has 0 unspecified atom stereocenters. The zero-order chi connectivity index (χ0) is 23.3. The average Bonchev–Trinajstić information content (AvgIpc) is 2.78. The first kappa shape index (κ1) is 24.4. The van der Waals surface area contributed by atoms with E-state index in [0.717, 1.165) is 0 Å². The Bertz CT molecular complexity index is 942. The van der Waals surface area contributed by atoms with E-state index in [-0.39, 0.29) is 31.8 Å². The quantitative estimate of drug-likeness (QED) is 0.513. The number of para-hydroxylation sites is 2. The van der Waals surface area contributed by atoms with Crippen molar-refractivity contribution in [1.29, 1.82) is 0 Å². The van der Waals surface area contributed by atoms with E-state index in [4.69, 9.17) is 14.2 Å². The number of benzene rings is 2. The summed E-state index contributed by atoms with van der Waals surface area (Å²) in [5, 5.41) is 5.29. The SMILES string of the molecule is CCOC(=O)c1ccc(NC(=O)CCCC(=O)OCC(=O)Nc2ccccc2OC)cc1. The van der Waals surface area contributed by atoms with Crippen LogP contribution < -0.4 is 15.4 Å². The van der Waals surface area contributed by atoms with Crippen molar-refractivity contribution in [3.05, 3.63) is 54.1 Å². The molecule has 9 heteroatoms. The molecule has 2 rings (SSSR count). The molecule has 0 bridgehead atoms. The number of amides is 2. The average molecular weight is 442 g/mol. The predicted octanol–water partition coefficient (Wildman–Crippen LogP) is 3.16. The molecule has 2 N–H and O–H groups in total. The number of carbonyl (C=O) groups excluding carboxylic acids is 4. The highest BCUT2D eigenvalue weighted by atomic mass is 16.5. The smallest absolute Gasteiger partial charge is 0.338 e. The third-order valence-corrected chi connectivity index (χ3v) is 4.21. The van der Waals surface area contributed by atoms with Crippen molar-refractivity contribution < 1.29 is 33.4 Å². The third-order valence-electron chi connectivity index (χ3n) is 4.21. The summed E-state index contributed by atoms with van der Waals surface area (Å²) >= 11 is 0. The maximum atomic E-state index is 12.0. The second kappa shape index (κ2) is 12.7. The van der Waals surface area contributed by atoms with Crippen LogP contribution >= 0.6 is 0 Å². The van der Waals surface area contributed by atoms with E-state index in [9.17, 15) is 19.2 Å². The Morgan fingerprint density at radius 1 is 0.844 bits per heavy atom. The first-order valence-electron chi connectivity index (χ1n) is 10.1. The van der Waals surface area contributed by atoms with Gasteiger partial charge in [0.15, 0.2) is 6.61 Å². The van der Waals surface area contributed by atoms with Crippen molar-refractivity contribution in [2.24, 2.45) is 0 Å². The van der Waals surface area contributed by atoms with Gasteiger partial charge in [0, 0.05) is 18.5 Å². The molecule has 2 aromatic rings. The fourth-order valence-corrected chi connectivity index (χ4v) is 2.67. The predicted molar refractivity (Wildman–Crippen MR) is 117 cm³/mol. The molecule has 2 amide bonds. The van der Waals surface area contributed by atoms with Crippen LogP contribution in [0.3, 0.4) is 0 Å². The summed E-state index contributed by atoms with van der Waals surface area (Å²) in [6.07, 6.45) is 0.360. The van der Waals surface area contributed by atoms with E-state index in [0.29, 0.717) is 22.7 Å². The molecule has 32 heavy (non-hydrogen) atoms. The van der Waals surface area contributed by atoms with Crippen LogP contribution in [-0.4, -0.2) is 44.1 Å². The Morgan fingerprint density at radius 2 is 1.56 bits per heavy atom. The van der Waals surface area contributed by atoms with Gasteiger partial charge in [-0.1, -0.05) is 12.1 Å². The zero-order valence-electron chi connectivity index (χ0n) is 18.0. The largest absolute Gasteiger partial charge is 0.495 e. The molecule has 2 aromatic carbocycles.